The van der Waals surface area contributed by atoms with Gasteiger partial charge in [0.15, 0.2) is 11.5 Å². The van der Waals surface area contributed by atoms with Crippen LogP contribution < -0.4 is 4.90 Å². The Kier molecular flexibility index (Phi) is 4.53. The molecule has 0 saturated carbocycles. The zero-order valence-corrected chi connectivity index (χ0v) is 15.1. The highest BCUT2D eigenvalue weighted by Crippen LogP contribution is 2.32. The molecule has 1 aliphatic rings. The first-order valence-electron chi connectivity index (χ1n) is 8.37. The molecule has 26 heavy (non-hydrogen) atoms. The first kappa shape index (κ1) is 18.4. The normalized spacial score (nSPS) is 16.3. The molecule has 0 N–H and O–H groups in total. The second-order valence-corrected chi connectivity index (χ2v) is 6.82. The molecule has 1 amide bonds. The molecule has 0 aliphatic carbocycles. The number of hydrogen-bond donors (Lipinski definition) is 0. The van der Waals surface area contributed by atoms with Gasteiger partial charge in [-0.1, -0.05) is 0 Å². The summed E-state index contributed by atoms with van der Waals surface area (Å²) in [6, 6.07) is 0. The fourth-order valence-electron chi connectivity index (χ4n) is 3.29. The second-order valence-electron chi connectivity index (χ2n) is 6.82. The predicted molar refractivity (Wildman–Crippen MR) is 88.9 cm³/mol. The molecule has 3 rings (SSSR count). The maximum absolute atomic E-state index is 13.2. The minimum Gasteiger partial charge on any atom is -0.355 e. The van der Waals surface area contributed by atoms with Crippen LogP contribution in [0, 0.1) is 19.8 Å². The Morgan fingerprint density at radius 2 is 1.73 bits per heavy atom. The number of halogens is 3. The Morgan fingerprint density at radius 1 is 1.12 bits per heavy atom. The average Bonchev–Trinajstić information content (AvgIpc) is 3.02. The van der Waals surface area contributed by atoms with Crippen molar-refractivity contribution < 1.29 is 18.0 Å². The number of amides is 1. The molecule has 0 spiro atoms. The van der Waals surface area contributed by atoms with Crippen molar-refractivity contribution in [3.05, 3.63) is 17.0 Å². The van der Waals surface area contributed by atoms with Gasteiger partial charge in [-0.25, -0.2) is 0 Å². The van der Waals surface area contributed by atoms with Gasteiger partial charge in [0.05, 0.1) is 0 Å². The summed E-state index contributed by atoms with van der Waals surface area (Å²) in [4.78, 5) is 15.6. The summed E-state index contributed by atoms with van der Waals surface area (Å²) in [5.74, 6) is -0.628. The second kappa shape index (κ2) is 6.40. The number of carbonyl (C=O) groups is 1. The summed E-state index contributed by atoms with van der Waals surface area (Å²) >= 11 is 0. The SMILES string of the molecule is Cc1c(N2CCC(C(=O)N(C)C)CC2)nn2c(C(F)(F)F)nnc2c1C. The number of rotatable bonds is 2. The lowest BCUT2D eigenvalue weighted by Gasteiger charge is -2.34. The summed E-state index contributed by atoms with van der Waals surface area (Å²) in [5.41, 5.74) is 1.50. The van der Waals surface area contributed by atoms with Crippen LogP contribution in [-0.2, 0) is 11.0 Å². The zero-order chi connectivity index (χ0) is 19.2. The molecular weight excluding hydrogens is 349 g/mol. The molecular formula is C16H21F3N6O. The van der Waals surface area contributed by atoms with Crippen LogP contribution >= 0.6 is 0 Å². The minimum atomic E-state index is -4.63. The van der Waals surface area contributed by atoms with E-state index in [9.17, 15) is 18.0 Å². The smallest absolute Gasteiger partial charge is 0.355 e. The van der Waals surface area contributed by atoms with Gasteiger partial charge in [0.1, 0.15) is 0 Å². The van der Waals surface area contributed by atoms with Crippen LogP contribution in [0.5, 0.6) is 0 Å². The van der Waals surface area contributed by atoms with E-state index in [0.717, 1.165) is 10.1 Å². The predicted octanol–water partition coefficient (Wildman–Crippen LogP) is 2.06. The van der Waals surface area contributed by atoms with E-state index < -0.39 is 12.0 Å². The number of piperidine rings is 1. The highest BCUT2D eigenvalue weighted by atomic mass is 19.4. The summed E-state index contributed by atoms with van der Waals surface area (Å²) < 4.78 is 40.2. The number of anilines is 1. The zero-order valence-electron chi connectivity index (χ0n) is 15.1. The molecule has 3 heterocycles. The summed E-state index contributed by atoms with van der Waals surface area (Å²) in [6.07, 6.45) is -3.34. The molecule has 7 nitrogen and oxygen atoms in total. The molecule has 0 radical (unpaired) electrons. The average molecular weight is 370 g/mol. The number of carbonyl (C=O) groups excluding carboxylic acids is 1. The van der Waals surface area contributed by atoms with E-state index in [0.29, 0.717) is 37.3 Å². The summed E-state index contributed by atoms with van der Waals surface area (Å²) in [6.45, 7) is 4.66. The van der Waals surface area contributed by atoms with E-state index in [-0.39, 0.29) is 17.5 Å². The maximum Gasteiger partial charge on any atom is 0.453 e. The molecule has 0 aromatic carbocycles. The van der Waals surface area contributed by atoms with E-state index >= 15 is 0 Å². The van der Waals surface area contributed by atoms with Gasteiger partial charge < -0.3 is 9.80 Å². The van der Waals surface area contributed by atoms with Crippen molar-refractivity contribution in [2.45, 2.75) is 32.9 Å². The fourth-order valence-corrected chi connectivity index (χ4v) is 3.29. The lowest BCUT2D eigenvalue weighted by atomic mass is 9.95. The first-order chi connectivity index (χ1) is 12.1. The largest absolute Gasteiger partial charge is 0.453 e. The molecule has 0 bridgehead atoms. The molecule has 1 aliphatic heterocycles. The fraction of sp³-hybridized carbons (Fsp3) is 0.625. The van der Waals surface area contributed by atoms with Crippen LogP contribution in [0.3, 0.4) is 0 Å². The number of alkyl halides is 3. The van der Waals surface area contributed by atoms with Gasteiger partial charge in [-0.3, -0.25) is 4.79 Å². The molecule has 0 unspecified atom stereocenters. The molecule has 1 saturated heterocycles. The number of nitrogens with zero attached hydrogens (tertiary/aromatic N) is 6. The van der Waals surface area contributed by atoms with E-state index in [1.165, 1.54) is 0 Å². The van der Waals surface area contributed by atoms with Crippen LogP contribution in [-0.4, -0.2) is 57.8 Å². The Morgan fingerprint density at radius 3 is 2.27 bits per heavy atom. The third-order valence-corrected chi connectivity index (χ3v) is 4.91. The minimum absolute atomic E-state index is 0.0629. The van der Waals surface area contributed by atoms with Gasteiger partial charge in [0.25, 0.3) is 5.82 Å². The molecule has 0 atom stereocenters. The lowest BCUT2D eigenvalue weighted by Crippen LogP contribution is -2.41. The van der Waals surface area contributed by atoms with Gasteiger partial charge in [-0.15, -0.1) is 15.3 Å². The highest BCUT2D eigenvalue weighted by Gasteiger charge is 2.38. The van der Waals surface area contributed by atoms with Crippen molar-refractivity contribution >= 4 is 17.4 Å². The number of hydrogen-bond acceptors (Lipinski definition) is 5. The van der Waals surface area contributed by atoms with E-state index in [4.69, 9.17) is 0 Å². The van der Waals surface area contributed by atoms with Crippen molar-refractivity contribution in [2.24, 2.45) is 5.92 Å². The number of aromatic nitrogens is 4. The standard InChI is InChI=1S/C16H21F3N6O/c1-9-10(2)13(22-25-12(9)20-21-15(25)16(17,18)19)24-7-5-11(6-8-24)14(26)23(3)4/h11H,5-8H2,1-4H3. The number of fused-ring (bicyclic) bond motifs is 1. The van der Waals surface area contributed by atoms with Gasteiger partial charge in [-0.2, -0.15) is 17.7 Å². The van der Waals surface area contributed by atoms with Crippen LogP contribution in [0.2, 0.25) is 0 Å². The monoisotopic (exact) mass is 370 g/mol. The van der Waals surface area contributed by atoms with Crippen molar-refractivity contribution in [3.8, 4) is 0 Å². The van der Waals surface area contributed by atoms with E-state index in [2.05, 4.69) is 15.3 Å². The summed E-state index contributed by atoms with van der Waals surface area (Å²) in [7, 11) is 3.45. The van der Waals surface area contributed by atoms with E-state index in [1.54, 1.807) is 25.9 Å². The van der Waals surface area contributed by atoms with Crippen molar-refractivity contribution in [1.82, 2.24) is 24.7 Å². The molecule has 2 aromatic rings. The Labute approximate surface area is 148 Å². The van der Waals surface area contributed by atoms with Crippen LogP contribution in [0.25, 0.3) is 5.65 Å². The highest BCUT2D eigenvalue weighted by molar-refractivity contribution is 5.78. The van der Waals surface area contributed by atoms with Crippen LogP contribution in [0.1, 0.15) is 29.8 Å². The van der Waals surface area contributed by atoms with Crippen LogP contribution in [0.15, 0.2) is 0 Å². The Balaban J connectivity index is 1.94. The van der Waals surface area contributed by atoms with Gasteiger partial charge in [0, 0.05) is 44.2 Å². The number of aryl methyl sites for hydroxylation is 1. The van der Waals surface area contributed by atoms with Gasteiger partial charge >= 0.3 is 6.18 Å². The van der Waals surface area contributed by atoms with Crippen molar-refractivity contribution in [3.63, 3.8) is 0 Å². The Bertz CT molecular complexity index is 837. The van der Waals surface area contributed by atoms with Crippen molar-refractivity contribution in [1.29, 1.82) is 0 Å². The van der Waals surface area contributed by atoms with Crippen LogP contribution in [0.4, 0.5) is 19.0 Å². The van der Waals surface area contributed by atoms with E-state index in [1.807, 2.05) is 11.8 Å². The van der Waals surface area contributed by atoms with Gasteiger partial charge in [-0.05, 0) is 26.7 Å². The first-order valence-corrected chi connectivity index (χ1v) is 8.37. The molecule has 1 fully saturated rings. The quantitative estimate of drug-likeness (QED) is 0.810. The molecule has 142 valence electrons. The molecule has 2 aromatic heterocycles. The molecule has 10 heteroatoms. The summed E-state index contributed by atoms with van der Waals surface area (Å²) in [5, 5.41) is 11.1. The lowest BCUT2D eigenvalue weighted by molar-refractivity contribution is -0.146. The van der Waals surface area contributed by atoms with Gasteiger partial charge in [0.2, 0.25) is 5.91 Å². The third-order valence-electron chi connectivity index (χ3n) is 4.91. The maximum atomic E-state index is 13.2. The third kappa shape index (κ3) is 3.08. The Hall–Kier alpha value is -2.39. The topological polar surface area (TPSA) is 66.6 Å². The van der Waals surface area contributed by atoms with Crippen molar-refractivity contribution in [2.75, 3.05) is 32.1 Å².